The van der Waals surface area contributed by atoms with Crippen LogP contribution in [0.3, 0.4) is 0 Å². The van der Waals surface area contributed by atoms with Crippen LogP contribution in [0.5, 0.6) is 0 Å². The van der Waals surface area contributed by atoms with Gasteiger partial charge in [-0.2, -0.15) is 0 Å². The summed E-state index contributed by atoms with van der Waals surface area (Å²) in [5, 5.41) is -0.823. The van der Waals surface area contributed by atoms with Crippen molar-refractivity contribution in [2.45, 2.75) is 56.8 Å². The summed E-state index contributed by atoms with van der Waals surface area (Å²) in [7, 11) is 0. The Hall–Kier alpha value is -1.97. The average molecular weight is 460 g/mol. The molecule has 1 saturated heterocycles. The molecule has 0 bridgehead atoms. The zero-order valence-electron chi connectivity index (χ0n) is 16.7. The third-order valence-corrected chi connectivity index (χ3v) is 4.53. The predicted octanol–water partition coefficient (Wildman–Crippen LogP) is 2.12. The fraction of sp³-hybridized carbons (Fsp3) is 0.526. The van der Waals surface area contributed by atoms with E-state index in [1.54, 1.807) is 24.3 Å². The molecule has 0 radical (unpaired) electrons. The van der Waals surface area contributed by atoms with Crippen molar-refractivity contribution in [2.24, 2.45) is 0 Å². The van der Waals surface area contributed by atoms with Crippen LogP contribution in [0, 0.1) is 0 Å². The zero-order chi connectivity index (χ0) is 21.6. The Balaban J connectivity index is 2.29. The largest absolute Gasteiger partial charge is 0.463 e. The molecule has 0 N–H and O–H groups in total. The molecule has 1 aromatic rings. The number of esters is 3. The van der Waals surface area contributed by atoms with Gasteiger partial charge in [-0.15, -0.1) is 0 Å². The Bertz CT molecular complexity index is 715. The normalized spacial score (nSPS) is 28.6. The van der Waals surface area contributed by atoms with E-state index in [4.69, 9.17) is 25.1 Å². The minimum atomic E-state index is -1.11. The molecule has 8 nitrogen and oxygen atoms in total. The number of ether oxygens (including phenoxy) is 5. The molecule has 28 heavy (non-hydrogen) atoms. The molecular formula is C19H23BrO8. The Morgan fingerprint density at radius 3 is 2.18 bits per heavy atom. The second kappa shape index (κ2) is 10.5. The van der Waals surface area contributed by atoms with Crippen molar-refractivity contribution >= 4 is 33.8 Å². The summed E-state index contributed by atoms with van der Waals surface area (Å²) in [5.74, 6) is -1.81. The monoisotopic (exact) mass is 459 g/mol. The van der Waals surface area contributed by atoms with Crippen LogP contribution in [-0.2, 0) is 44.7 Å². The van der Waals surface area contributed by atoms with Crippen LogP contribution in [0.1, 0.15) is 27.7 Å². The summed E-state index contributed by atoms with van der Waals surface area (Å²) in [5.41, 5.74) is 0.583. The highest BCUT2D eigenvalue weighted by Crippen LogP contribution is 2.32. The zero-order valence-corrected chi connectivity index (χ0v) is 17.3. The fourth-order valence-electron chi connectivity index (χ4n) is 2.69. The van der Waals surface area contributed by atoms with Gasteiger partial charge in [0, 0.05) is 20.8 Å². The van der Waals surface area contributed by atoms with Gasteiger partial charge in [0.05, 0.1) is 7.95 Å². The molecule has 0 aromatic heterocycles. The fourth-order valence-corrected chi connectivity index (χ4v) is 3.39. The van der Waals surface area contributed by atoms with E-state index in [2.05, 4.69) is 15.9 Å². The topological polar surface area (TPSA) is 97.4 Å². The third kappa shape index (κ3) is 6.57. The maximum atomic E-state index is 11.7. The van der Waals surface area contributed by atoms with E-state index in [0.717, 1.165) is 0 Å². The third-order valence-electron chi connectivity index (χ3n) is 3.79. The number of alkyl halides is 1. The van der Waals surface area contributed by atoms with E-state index < -0.39 is 53.9 Å². The molecule has 154 valence electrons. The van der Waals surface area contributed by atoms with Crippen molar-refractivity contribution in [3.8, 4) is 0 Å². The van der Waals surface area contributed by atoms with Gasteiger partial charge in [0.1, 0.15) is 23.8 Å². The van der Waals surface area contributed by atoms with E-state index in [1.807, 2.05) is 6.07 Å². The minimum Gasteiger partial charge on any atom is -0.463 e. The average Bonchev–Trinajstić information content (AvgIpc) is 2.65. The van der Waals surface area contributed by atoms with E-state index in [0.29, 0.717) is 5.56 Å². The van der Waals surface area contributed by atoms with Gasteiger partial charge in [-0.1, -0.05) is 46.3 Å². The number of hydrogen-bond acceptors (Lipinski definition) is 8. The van der Waals surface area contributed by atoms with E-state index in [1.165, 1.54) is 20.8 Å². The van der Waals surface area contributed by atoms with Crippen LogP contribution < -0.4 is 0 Å². The standard InChI is InChI=1S/C19H23BrO8/c1-11(21)24-10-15-16(26-12(2)22)17(27-13(3)23)18(19(20)28-15)25-9-14-7-5-4-6-8-14/h4-8,15-19H,9-10H2,1-3H3/t15-,16-,17+,18-,19?/m1/s1/i9D/t9?,15-,16-,17+,18-,19?. The van der Waals surface area contributed by atoms with Gasteiger partial charge >= 0.3 is 17.9 Å². The summed E-state index contributed by atoms with van der Waals surface area (Å²) in [6.45, 7) is 2.31. The van der Waals surface area contributed by atoms with Gasteiger partial charge in [0.25, 0.3) is 0 Å². The predicted molar refractivity (Wildman–Crippen MR) is 100 cm³/mol. The number of hydrogen-bond donors (Lipinski definition) is 0. The molecule has 0 spiro atoms. The molecule has 9 heteroatoms. The number of carbonyl (C=O) groups excluding carboxylic acids is 3. The summed E-state index contributed by atoms with van der Waals surface area (Å²) < 4.78 is 35.6. The second-order valence-electron chi connectivity index (χ2n) is 6.11. The Labute approximate surface area is 172 Å². The summed E-state index contributed by atoms with van der Waals surface area (Å²) in [4.78, 5) is 34.6. The van der Waals surface area contributed by atoms with Crippen molar-refractivity contribution in [3.05, 3.63) is 35.9 Å². The van der Waals surface area contributed by atoms with Crippen LogP contribution in [0.4, 0.5) is 0 Å². The summed E-state index contributed by atoms with van der Waals surface area (Å²) >= 11 is 3.32. The first-order valence-electron chi connectivity index (χ1n) is 9.16. The molecule has 1 aliphatic heterocycles. The molecule has 6 atom stereocenters. The highest BCUT2D eigenvalue weighted by molar-refractivity contribution is 9.09. The van der Waals surface area contributed by atoms with Gasteiger partial charge in [-0.25, -0.2) is 0 Å². The van der Waals surface area contributed by atoms with Crippen molar-refractivity contribution in [1.82, 2.24) is 0 Å². The first-order valence-corrected chi connectivity index (χ1v) is 9.50. The van der Waals surface area contributed by atoms with Crippen molar-refractivity contribution in [2.75, 3.05) is 6.61 Å². The number of benzene rings is 1. The van der Waals surface area contributed by atoms with Gasteiger partial charge in [0.2, 0.25) is 0 Å². The lowest BCUT2D eigenvalue weighted by atomic mass is 9.99. The highest BCUT2D eigenvalue weighted by atomic mass is 79.9. The van der Waals surface area contributed by atoms with Gasteiger partial charge in [0.15, 0.2) is 12.2 Å². The Kier molecular flexibility index (Phi) is 7.81. The van der Waals surface area contributed by atoms with Crippen molar-refractivity contribution in [1.29, 1.82) is 0 Å². The molecule has 1 aromatic carbocycles. The van der Waals surface area contributed by atoms with Crippen LogP contribution in [0.25, 0.3) is 0 Å². The molecular weight excluding hydrogens is 436 g/mol. The quantitative estimate of drug-likeness (QED) is 0.347. The minimum absolute atomic E-state index is 0.219. The molecule has 2 unspecified atom stereocenters. The smallest absolute Gasteiger partial charge is 0.303 e. The molecule has 1 aliphatic rings. The highest BCUT2D eigenvalue weighted by Gasteiger charge is 2.50. The lowest BCUT2D eigenvalue weighted by Crippen LogP contribution is -2.60. The first-order chi connectivity index (χ1) is 13.7. The maximum Gasteiger partial charge on any atom is 0.303 e. The van der Waals surface area contributed by atoms with Gasteiger partial charge < -0.3 is 23.7 Å². The Morgan fingerprint density at radius 1 is 1.00 bits per heavy atom. The van der Waals surface area contributed by atoms with Crippen LogP contribution in [0.15, 0.2) is 30.3 Å². The van der Waals surface area contributed by atoms with E-state index >= 15 is 0 Å². The van der Waals surface area contributed by atoms with Gasteiger partial charge in [-0.05, 0) is 5.56 Å². The van der Waals surface area contributed by atoms with Crippen LogP contribution in [0.2, 0.25) is 0 Å². The van der Waals surface area contributed by atoms with E-state index in [9.17, 15) is 14.4 Å². The summed E-state index contributed by atoms with van der Waals surface area (Å²) in [6.07, 6.45) is -4.07. The molecule has 2 rings (SSSR count). The van der Waals surface area contributed by atoms with Crippen LogP contribution in [-0.4, -0.2) is 53.9 Å². The maximum absolute atomic E-state index is 11.7. The molecule has 0 aliphatic carbocycles. The first kappa shape index (κ1) is 20.8. The van der Waals surface area contributed by atoms with Crippen LogP contribution >= 0.6 is 15.9 Å². The second-order valence-corrected chi connectivity index (χ2v) is 7.01. The van der Waals surface area contributed by atoms with E-state index in [-0.39, 0.29) is 6.61 Å². The SMILES string of the molecule is [2H]C(O[C@H]1C(Br)O[C@H](COC(C)=O)[C@@H](OC(C)=O)[C@@H]1OC(C)=O)c1ccccc1. The van der Waals surface area contributed by atoms with Crippen molar-refractivity contribution in [3.63, 3.8) is 0 Å². The van der Waals surface area contributed by atoms with Crippen molar-refractivity contribution < 1.29 is 39.4 Å². The number of halogens is 1. The number of rotatable bonds is 7. The van der Waals surface area contributed by atoms with Gasteiger partial charge in [-0.3, -0.25) is 14.4 Å². The summed E-state index contributed by atoms with van der Waals surface area (Å²) in [6, 6.07) is 8.79. The Morgan fingerprint density at radius 2 is 1.61 bits per heavy atom. The lowest BCUT2D eigenvalue weighted by Gasteiger charge is -2.43. The number of carbonyl (C=O) groups is 3. The molecule has 0 saturated carbocycles. The molecule has 1 heterocycles. The molecule has 1 fully saturated rings. The molecule has 0 amide bonds. The lowest BCUT2D eigenvalue weighted by molar-refractivity contribution is -0.240.